The number of nitrogens with one attached hydrogen (secondary N) is 1. The topological polar surface area (TPSA) is 89.9 Å². The van der Waals surface area contributed by atoms with Gasteiger partial charge in [0.1, 0.15) is 0 Å². The number of rotatable bonds is 9. The molecule has 136 valence electrons. The summed E-state index contributed by atoms with van der Waals surface area (Å²) in [5, 5.41) is 11.7. The van der Waals surface area contributed by atoms with Crippen molar-refractivity contribution in [2.75, 3.05) is 31.1 Å². The Hall–Kier alpha value is -2.41. The molecule has 25 heavy (non-hydrogen) atoms. The average Bonchev–Trinajstić information content (AvgIpc) is 2.99. The fourth-order valence-electron chi connectivity index (χ4n) is 2.90. The maximum atomic E-state index is 12.0. The molecule has 1 fully saturated rings. The standard InChI is InChI=1S/C18H25N3O4/c1-2-9-20(13-18(24)25)12-16(22)19-11-14-5-7-15(8-6-14)21-10-3-4-17(21)23/h5-8H,2-4,9-13H2,1H3,(H,19,22)(H,24,25). The molecule has 1 aliphatic heterocycles. The van der Waals surface area contributed by atoms with Crippen LogP contribution in [0.15, 0.2) is 24.3 Å². The summed E-state index contributed by atoms with van der Waals surface area (Å²) in [6.45, 7) is 3.57. The third-order valence-corrected chi connectivity index (χ3v) is 4.08. The molecular weight excluding hydrogens is 322 g/mol. The first-order valence-corrected chi connectivity index (χ1v) is 8.59. The first-order chi connectivity index (χ1) is 12.0. The van der Waals surface area contributed by atoms with Gasteiger partial charge in [0.15, 0.2) is 0 Å². The van der Waals surface area contributed by atoms with Crippen LogP contribution in [0.4, 0.5) is 5.69 Å². The van der Waals surface area contributed by atoms with Crippen LogP contribution < -0.4 is 10.2 Å². The van der Waals surface area contributed by atoms with E-state index in [4.69, 9.17) is 5.11 Å². The fourth-order valence-corrected chi connectivity index (χ4v) is 2.90. The van der Waals surface area contributed by atoms with Crippen molar-refractivity contribution in [1.82, 2.24) is 10.2 Å². The summed E-state index contributed by atoms with van der Waals surface area (Å²) in [5.41, 5.74) is 1.82. The van der Waals surface area contributed by atoms with E-state index in [0.717, 1.165) is 30.6 Å². The largest absolute Gasteiger partial charge is 0.480 e. The van der Waals surface area contributed by atoms with Gasteiger partial charge in [-0.15, -0.1) is 0 Å². The predicted molar refractivity (Wildman–Crippen MR) is 94.2 cm³/mol. The smallest absolute Gasteiger partial charge is 0.317 e. The maximum absolute atomic E-state index is 12.0. The summed E-state index contributed by atoms with van der Waals surface area (Å²) in [7, 11) is 0. The summed E-state index contributed by atoms with van der Waals surface area (Å²) < 4.78 is 0. The van der Waals surface area contributed by atoms with Crippen LogP contribution in [0.5, 0.6) is 0 Å². The lowest BCUT2D eigenvalue weighted by atomic mass is 10.2. The first-order valence-electron chi connectivity index (χ1n) is 8.59. The molecule has 1 heterocycles. The van der Waals surface area contributed by atoms with E-state index >= 15 is 0 Å². The van der Waals surface area contributed by atoms with Gasteiger partial charge in [-0.1, -0.05) is 19.1 Å². The highest BCUT2D eigenvalue weighted by atomic mass is 16.4. The zero-order chi connectivity index (χ0) is 18.2. The van der Waals surface area contributed by atoms with E-state index in [-0.39, 0.29) is 24.9 Å². The minimum absolute atomic E-state index is 0.0699. The molecule has 0 spiro atoms. The van der Waals surface area contributed by atoms with Gasteiger partial charge < -0.3 is 15.3 Å². The normalized spacial score (nSPS) is 14.2. The molecule has 1 aromatic rings. The average molecular weight is 347 g/mol. The number of carboxylic acid groups (broad SMARTS) is 1. The van der Waals surface area contributed by atoms with Crippen LogP contribution in [-0.4, -0.2) is 54.0 Å². The highest BCUT2D eigenvalue weighted by Crippen LogP contribution is 2.21. The van der Waals surface area contributed by atoms with Crippen LogP contribution >= 0.6 is 0 Å². The Morgan fingerprint density at radius 2 is 1.96 bits per heavy atom. The van der Waals surface area contributed by atoms with Crippen molar-refractivity contribution in [3.05, 3.63) is 29.8 Å². The number of benzene rings is 1. The van der Waals surface area contributed by atoms with Crippen molar-refractivity contribution in [2.45, 2.75) is 32.7 Å². The van der Waals surface area contributed by atoms with Gasteiger partial charge in [0.25, 0.3) is 0 Å². The van der Waals surface area contributed by atoms with Crippen LogP contribution in [-0.2, 0) is 20.9 Å². The van der Waals surface area contributed by atoms with Crippen LogP contribution in [0.25, 0.3) is 0 Å². The molecule has 0 aliphatic carbocycles. The Morgan fingerprint density at radius 3 is 2.52 bits per heavy atom. The van der Waals surface area contributed by atoms with Crippen LogP contribution in [0.2, 0.25) is 0 Å². The fraction of sp³-hybridized carbons (Fsp3) is 0.500. The SMILES string of the molecule is CCCN(CC(=O)O)CC(=O)NCc1ccc(N2CCCC2=O)cc1. The monoisotopic (exact) mass is 347 g/mol. The molecule has 1 aliphatic rings. The highest BCUT2D eigenvalue weighted by molar-refractivity contribution is 5.95. The van der Waals surface area contributed by atoms with Gasteiger partial charge in [-0.25, -0.2) is 0 Å². The molecule has 7 nitrogen and oxygen atoms in total. The molecule has 1 saturated heterocycles. The Labute approximate surface area is 147 Å². The molecule has 1 aromatic carbocycles. The summed E-state index contributed by atoms with van der Waals surface area (Å²) in [6, 6.07) is 7.56. The zero-order valence-corrected chi connectivity index (χ0v) is 14.5. The molecular formula is C18H25N3O4. The van der Waals surface area contributed by atoms with E-state index in [0.29, 0.717) is 19.5 Å². The number of aliphatic carboxylic acids is 1. The predicted octanol–water partition coefficient (Wildman–Crippen LogP) is 1.23. The van der Waals surface area contributed by atoms with Gasteiger partial charge in [-0.05, 0) is 37.1 Å². The van der Waals surface area contributed by atoms with Crippen LogP contribution in [0.3, 0.4) is 0 Å². The van der Waals surface area contributed by atoms with Crippen LogP contribution in [0.1, 0.15) is 31.7 Å². The highest BCUT2D eigenvalue weighted by Gasteiger charge is 2.21. The Morgan fingerprint density at radius 1 is 1.24 bits per heavy atom. The molecule has 0 aromatic heterocycles. The summed E-state index contributed by atoms with van der Waals surface area (Å²) in [4.78, 5) is 37.9. The molecule has 0 atom stereocenters. The number of anilines is 1. The second-order valence-corrected chi connectivity index (χ2v) is 6.20. The van der Waals surface area contributed by atoms with Crippen molar-refractivity contribution in [2.24, 2.45) is 0 Å². The second kappa shape index (κ2) is 9.17. The molecule has 7 heteroatoms. The molecule has 0 bridgehead atoms. The van der Waals surface area contributed by atoms with Crippen molar-refractivity contribution in [3.8, 4) is 0 Å². The van der Waals surface area contributed by atoms with E-state index < -0.39 is 5.97 Å². The van der Waals surface area contributed by atoms with Gasteiger partial charge in [0.05, 0.1) is 13.1 Å². The third-order valence-electron chi connectivity index (χ3n) is 4.08. The number of amides is 2. The van der Waals surface area contributed by atoms with Crippen LogP contribution in [0, 0.1) is 0 Å². The molecule has 0 unspecified atom stereocenters. The van der Waals surface area contributed by atoms with Gasteiger partial charge in [0.2, 0.25) is 11.8 Å². The number of nitrogens with zero attached hydrogens (tertiary/aromatic N) is 2. The van der Waals surface area contributed by atoms with Crippen molar-refractivity contribution >= 4 is 23.5 Å². The lowest BCUT2D eigenvalue weighted by Crippen LogP contribution is -2.40. The number of carbonyl (C=O) groups is 3. The molecule has 2 amide bonds. The Kier molecular flexibility index (Phi) is 6.94. The van der Waals surface area contributed by atoms with Gasteiger partial charge in [0, 0.05) is 25.2 Å². The molecule has 2 rings (SSSR count). The van der Waals surface area contributed by atoms with Gasteiger partial charge in [-0.3, -0.25) is 19.3 Å². The van der Waals surface area contributed by atoms with E-state index in [2.05, 4.69) is 5.32 Å². The van der Waals surface area contributed by atoms with E-state index in [1.807, 2.05) is 31.2 Å². The van der Waals surface area contributed by atoms with E-state index in [1.54, 1.807) is 9.80 Å². The second-order valence-electron chi connectivity index (χ2n) is 6.20. The molecule has 0 radical (unpaired) electrons. The van der Waals surface area contributed by atoms with E-state index in [9.17, 15) is 14.4 Å². The van der Waals surface area contributed by atoms with Crippen molar-refractivity contribution in [1.29, 1.82) is 0 Å². The lowest BCUT2D eigenvalue weighted by molar-refractivity contribution is -0.138. The Balaban J connectivity index is 1.82. The minimum atomic E-state index is -0.937. The number of carbonyl (C=O) groups excluding carboxylic acids is 2. The lowest BCUT2D eigenvalue weighted by Gasteiger charge is -2.19. The number of hydrogen-bond donors (Lipinski definition) is 2. The minimum Gasteiger partial charge on any atom is -0.480 e. The van der Waals surface area contributed by atoms with Gasteiger partial charge >= 0.3 is 5.97 Å². The third kappa shape index (κ3) is 5.86. The summed E-state index contributed by atoms with van der Waals surface area (Å²) >= 11 is 0. The Bertz CT molecular complexity index is 615. The molecule has 0 saturated carbocycles. The first kappa shape index (κ1) is 18.9. The summed E-state index contributed by atoms with van der Waals surface area (Å²) in [6.07, 6.45) is 2.28. The van der Waals surface area contributed by atoms with E-state index in [1.165, 1.54) is 0 Å². The van der Waals surface area contributed by atoms with Crippen molar-refractivity contribution in [3.63, 3.8) is 0 Å². The quantitative estimate of drug-likeness (QED) is 0.701. The number of hydrogen-bond acceptors (Lipinski definition) is 4. The molecule has 2 N–H and O–H groups in total. The summed E-state index contributed by atoms with van der Waals surface area (Å²) in [5.74, 6) is -0.989. The zero-order valence-electron chi connectivity index (χ0n) is 14.5. The van der Waals surface area contributed by atoms with Crippen molar-refractivity contribution < 1.29 is 19.5 Å². The number of carboxylic acids is 1. The van der Waals surface area contributed by atoms with Gasteiger partial charge in [-0.2, -0.15) is 0 Å². The maximum Gasteiger partial charge on any atom is 0.317 e.